The Balaban J connectivity index is 1.51. The Morgan fingerprint density at radius 1 is 1.04 bits per heavy atom. The molecule has 6 rings (SSSR count). The molecule has 1 atom stereocenters. The molecule has 0 saturated carbocycles. The number of likely N-dealkylation sites (tertiary alicyclic amines) is 1. The second-order valence-electron chi connectivity index (χ2n) is 11.6. The van der Waals surface area contributed by atoms with Crippen molar-refractivity contribution in [2.75, 3.05) is 44.6 Å². The van der Waals surface area contributed by atoms with Crippen LogP contribution in [0.15, 0.2) is 95.7 Å². The highest BCUT2D eigenvalue weighted by Crippen LogP contribution is 2.41. The van der Waals surface area contributed by atoms with E-state index in [1.807, 2.05) is 0 Å². The molecule has 0 spiro atoms. The number of rotatable bonds is 12. The number of anilines is 1. The molecule has 0 bridgehead atoms. The third-order valence-electron chi connectivity index (χ3n) is 8.13. The van der Waals surface area contributed by atoms with Crippen molar-refractivity contribution in [1.29, 1.82) is 0 Å². The number of nitrogens with zero attached hydrogens (tertiary/aromatic N) is 3. The van der Waals surface area contributed by atoms with Gasteiger partial charge in [-0.3, -0.25) is 4.79 Å². The predicted molar refractivity (Wildman–Crippen MR) is 198 cm³/mol. The van der Waals surface area contributed by atoms with Gasteiger partial charge in [-0.2, -0.15) is 13.2 Å². The zero-order valence-corrected chi connectivity index (χ0v) is 28.3. The standard InChI is InChI=1S/C41H42F5N3O3S/c1-27-6-15-36-34(22-27)37(50)23-39(53-26-31-4-3-5-35(42)40(31)43)49(36)25-38(51)48(33-16-18-47(19-17-33)20-21-52-2)24-28-7-9-29(10-8-28)30-11-13-32(14-12-30)41(44,45)46/h3-15,22-23,33,37,50H,16-21,24-26H2,1-2H3/i2D3,3D,4D,5D,6D,7D,8D,9D,10D,11D,12D,13D,14D,15D,20D2,21D2,22D,23D. The van der Waals surface area contributed by atoms with Crippen LogP contribution in [0.1, 0.15) is 76.9 Å². The van der Waals surface area contributed by atoms with Crippen molar-refractivity contribution < 1.29 is 66.7 Å². The van der Waals surface area contributed by atoms with Crippen LogP contribution in [0.25, 0.3) is 11.1 Å². The lowest BCUT2D eigenvalue weighted by atomic mass is 9.99. The first-order valence-corrected chi connectivity index (χ1v) is 16.7. The molecule has 2 aliphatic rings. The molecule has 4 aromatic rings. The third kappa shape index (κ3) is 9.29. The first-order valence-electron chi connectivity index (χ1n) is 26.7. The number of aliphatic hydroxyl groups is 1. The summed E-state index contributed by atoms with van der Waals surface area (Å²) in [7, 11) is -3.41. The number of alkyl halides is 3. The van der Waals surface area contributed by atoms with Gasteiger partial charge in [-0.1, -0.05) is 66.0 Å². The molecule has 0 radical (unpaired) electrons. The number of thioether (sulfide) groups is 1. The Bertz CT molecular complexity index is 2960. The lowest BCUT2D eigenvalue weighted by molar-refractivity contribution is -0.137. The van der Waals surface area contributed by atoms with Crippen molar-refractivity contribution in [1.82, 2.24) is 9.80 Å². The van der Waals surface area contributed by atoms with Gasteiger partial charge in [0.15, 0.2) is 11.6 Å². The van der Waals surface area contributed by atoms with Gasteiger partial charge in [-0.15, -0.1) is 11.8 Å². The average Bonchev–Trinajstić information content (AvgIpc) is 3.31. The van der Waals surface area contributed by atoms with E-state index >= 15 is 9.18 Å². The summed E-state index contributed by atoms with van der Waals surface area (Å²) in [5.41, 5.74) is -6.57. The number of carbonyl (C=O) groups is 1. The van der Waals surface area contributed by atoms with E-state index in [4.69, 9.17) is 30.2 Å². The van der Waals surface area contributed by atoms with E-state index in [1.54, 1.807) is 0 Å². The van der Waals surface area contributed by atoms with Crippen LogP contribution >= 0.6 is 11.8 Å². The van der Waals surface area contributed by atoms with Crippen molar-refractivity contribution >= 4 is 23.4 Å². The van der Waals surface area contributed by atoms with Crippen molar-refractivity contribution in [2.45, 2.75) is 50.4 Å². The van der Waals surface area contributed by atoms with E-state index in [-0.39, 0.29) is 18.4 Å². The van der Waals surface area contributed by atoms with E-state index < -0.39 is 223 Å². The second kappa shape index (κ2) is 16.8. The number of piperidine rings is 1. The lowest BCUT2D eigenvalue weighted by Crippen LogP contribution is -2.50. The largest absolute Gasteiger partial charge is 0.416 e. The number of ether oxygens (including phenoxy) is 1. The molecular weight excluding hydrogens is 710 g/mol. The number of carbonyl (C=O) groups excluding carboxylic acids is 1. The van der Waals surface area contributed by atoms with Gasteiger partial charge in [0, 0.05) is 64.5 Å². The van der Waals surface area contributed by atoms with Crippen LogP contribution in [-0.4, -0.2) is 66.6 Å². The van der Waals surface area contributed by atoms with Gasteiger partial charge in [0.25, 0.3) is 0 Å². The van der Waals surface area contributed by atoms with Crippen LogP contribution in [-0.2, 0) is 28.0 Å². The first-order chi connectivity index (χ1) is 34.3. The van der Waals surface area contributed by atoms with Crippen molar-refractivity contribution in [2.24, 2.45) is 0 Å². The number of aliphatic hydroxyl groups excluding tert-OH is 1. The fourth-order valence-corrected chi connectivity index (χ4v) is 6.51. The maximum absolute atomic E-state index is 15.3. The van der Waals surface area contributed by atoms with E-state index in [0.29, 0.717) is 11.8 Å². The van der Waals surface area contributed by atoms with E-state index in [0.717, 1.165) is 14.7 Å². The minimum Gasteiger partial charge on any atom is -0.384 e. The number of fused-ring (bicyclic) bond motifs is 1. The van der Waals surface area contributed by atoms with Crippen LogP contribution in [0.3, 0.4) is 0 Å². The summed E-state index contributed by atoms with van der Waals surface area (Å²) in [6.45, 7) is -8.44. The zero-order valence-electron chi connectivity index (χ0n) is 49.5. The van der Waals surface area contributed by atoms with E-state index in [1.165, 1.54) is 6.92 Å². The normalized spacial score (nSPS) is 23.6. The maximum atomic E-state index is 15.3. The highest BCUT2D eigenvalue weighted by atomic mass is 32.2. The van der Waals surface area contributed by atoms with Crippen LogP contribution < -0.4 is 4.90 Å². The van der Waals surface area contributed by atoms with Gasteiger partial charge in [0.1, 0.15) is 12.6 Å². The van der Waals surface area contributed by atoms with Crippen molar-refractivity contribution in [3.05, 3.63) is 135 Å². The first kappa shape index (κ1) is 19.4. The number of methoxy groups -OCH3 is 1. The Morgan fingerprint density at radius 2 is 1.74 bits per heavy atom. The molecule has 0 aliphatic carbocycles. The molecule has 280 valence electrons. The molecular formula is C41H42F5N3O3S. The Labute approximate surface area is 341 Å². The summed E-state index contributed by atoms with van der Waals surface area (Å²) in [6.07, 6.45) is -8.17. The molecule has 4 aromatic carbocycles. The molecule has 2 aliphatic heterocycles. The van der Waals surface area contributed by atoms with Gasteiger partial charge >= 0.3 is 6.18 Å². The fraction of sp³-hybridized carbons (Fsp3) is 0.341. The van der Waals surface area contributed by atoms with Crippen LogP contribution in [0.2, 0.25) is 0 Å². The van der Waals surface area contributed by atoms with E-state index in [9.17, 15) is 22.7 Å². The van der Waals surface area contributed by atoms with Crippen molar-refractivity contribution in [3.63, 3.8) is 0 Å². The number of benzene rings is 4. The van der Waals surface area contributed by atoms with Gasteiger partial charge < -0.3 is 24.5 Å². The van der Waals surface area contributed by atoms with Gasteiger partial charge in [-0.25, -0.2) is 8.78 Å². The fourth-order valence-electron chi connectivity index (χ4n) is 5.52. The van der Waals surface area contributed by atoms with Crippen LogP contribution in [0.4, 0.5) is 27.6 Å². The van der Waals surface area contributed by atoms with Gasteiger partial charge in [0.05, 0.1) is 44.6 Å². The molecule has 1 fully saturated rings. The monoisotopic (exact) mass is 773 g/mol. The zero-order chi connectivity index (χ0) is 56.8. The minimum atomic E-state index is -5.39. The van der Waals surface area contributed by atoms with Gasteiger partial charge in [0.2, 0.25) is 5.91 Å². The van der Waals surface area contributed by atoms with Gasteiger partial charge in [-0.05, 0) is 66.7 Å². The quantitative estimate of drug-likeness (QED) is 0.146. The summed E-state index contributed by atoms with van der Waals surface area (Å²) in [4.78, 5) is 17.9. The maximum Gasteiger partial charge on any atom is 0.416 e. The molecule has 6 nitrogen and oxygen atoms in total. The number of hydrogen-bond donors (Lipinski definition) is 1. The molecule has 0 aromatic heterocycles. The summed E-state index contributed by atoms with van der Waals surface area (Å²) in [5.74, 6) is -5.49. The molecule has 2 heterocycles. The summed E-state index contributed by atoms with van der Waals surface area (Å²) >= 11 is 0.372. The third-order valence-corrected chi connectivity index (χ3v) is 9.17. The molecule has 1 unspecified atom stereocenters. The molecule has 53 heavy (non-hydrogen) atoms. The highest BCUT2D eigenvalue weighted by molar-refractivity contribution is 8.02. The van der Waals surface area contributed by atoms with Crippen LogP contribution in [0, 0.1) is 18.6 Å². The summed E-state index contributed by atoms with van der Waals surface area (Å²) in [5, 5.41) is 11.0. The second-order valence-corrected chi connectivity index (χ2v) is 12.6. The number of hydrogen-bond acceptors (Lipinski definition) is 6. The minimum absolute atomic E-state index is 0.152. The number of halogens is 5. The molecule has 1 N–H and O–H groups in total. The number of amides is 1. The SMILES string of the molecule is [2H]C1=C(SCc2c([2H])c([2H])c([2H])c(F)c2F)N(CC(=O)N(Cc2c([2H])c([2H])c(-c3c([2H])c([2H])c(C(F)(F)F)c([2H])c3[2H])c([2H])c2[2H])C2CCN(C([2H])([2H])C([2H])([2H])OC([2H])([2H])[2H])CC2)c2c([2H])c([2H])c(C)c([2H])c2C1O. The molecule has 12 heteroatoms. The van der Waals surface area contributed by atoms with E-state index in [2.05, 4.69) is 4.74 Å². The summed E-state index contributed by atoms with van der Waals surface area (Å²) in [6, 6.07) is -17.3. The topological polar surface area (TPSA) is 56.3 Å². The average molecular weight is 774 g/mol. The predicted octanol–water partition coefficient (Wildman–Crippen LogP) is 8.73. The molecule has 1 amide bonds. The smallest absolute Gasteiger partial charge is 0.384 e. The molecule has 1 saturated heterocycles. The Morgan fingerprint density at radius 3 is 2.42 bits per heavy atom. The highest BCUT2D eigenvalue weighted by Gasteiger charge is 2.33. The Kier molecular flexibility index (Phi) is 6.16. The lowest BCUT2D eigenvalue weighted by Gasteiger charge is -2.40. The summed E-state index contributed by atoms with van der Waals surface area (Å²) < 4.78 is 260. The van der Waals surface area contributed by atoms with Crippen molar-refractivity contribution in [3.8, 4) is 11.1 Å². The van der Waals surface area contributed by atoms with Crippen LogP contribution in [0.5, 0.6) is 0 Å². The Hall–Kier alpha value is -4.23.